The quantitative estimate of drug-likeness (QED) is 0.945. The van der Waals surface area contributed by atoms with Crippen molar-refractivity contribution in [3.63, 3.8) is 0 Å². The van der Waals surface area contributed by atoms with Crippen molar-refractivity contribution in [1.82, 2.24) is 4.72 Å². The van der Waals surface area contributed by atoms with Crippen LogP contribution in [0.5, 0.6) is 0 Å². The molecule has 1 aliphatic rings. The van der Waals surface area contributed by atoms with Gasteiger partial charge in [0.1, 0.15) is 5.82 Å². The smallest absolute Gasteiger partial charge is 0.207 e. The van der Waals surface area contributed by atoms with E-state index in [1.54, 1.807) is 36.4 Å². The van der Waals surface area contributed by atoms with Crippen LogP contribution in [0.3, 0.4) is 0 Å². The predicted octanol–water partition coefficient (Wildman–Crippen LogP) is 2.79. The van der Waals surface area contributed by atoms with Crippen molar-refractivity contribution < 1.29 is 12.8 Å². The van der Waals surface area contributed by atoms with Gasteiger partial charge in [-0.3, -0.25) is 0 Å². The molecule has 1 N–H and O–H groups in total. The summed E-state index contributed by atoms with van der Waals surface area (Å²) in [6.07, 6.45) is 1.35. The number of hydrogen-bond donors (Lipinski definition) is 1. The molecule has 0 saturated carbocycles. The van der Waals surface area contributed by atoms with Gasteiger partial charge in [0.2, 0.25) is 10.0 Å². The van der Waals surface area contributed by atoms with E-state index in [9.17, 15) is 12.8 Å². The second kappa shape index (κ2) is 5.00. The van der Waals surface area contributed by atoms with E-state index < -0.39 is 10.0 Å². The van der Waals surface area contributed by atoms with E-state index in [4.69, 9.17) is 0 Å². The first-order valence-corrected chi connectivity index (χ1v) is 7.90. The van der Waals surface area contributed by atoms with Crippen molar-refractivity contribution in [3.05, 3.63) is 65.5 Å². The van der Waals surface area contributed by atoms with E-state index in [1.807, 2.05) is 0 Å². The number of benzene rings is 2. The van der Waals surface area contributed by atoms with Gasteiger partial charge in [-0.15, -0.1) is 0 Å². The van der Waals surface area contributed by atoms with E-state index in [-0.39, 0.29) is 16.8 Å². The zero-order valence-electron chi connectivity index (χ0n) is 10.7. The van der Waals surface area contributed by atoms with Crippen LogP contribution >= 0.6 is 0 Å². The predicted molar refractivity (Wildman–Crippen MR) is 74.2 cm³/mol. The second-order valence-corrected chi connectivity index (χ2v) is 6.58. The van der Waals surface area contributed by atoms with Crippen molar-refractivity contribution >= 4 is 10.0 Å². The normalized spacial score (nSPS) is 17.9. The number of sulfonamides is 1. The molecular weight excluding hydrogens is 277 g/mol. The maximum absolute atomic E-state index is 13.2. The topological polar surface area (TPSA) is 46.2 Å². The highest BCUT2D eigenvalue weighted by Crippen LogP contribution is 2.32. The van der Waals surface area contributed by atoms with Crippen LogP contribution in [-0.4, -0.2) is 8.42 Å². The Bertz CT molecular complexity index is 729. The molecule has 0 amide bonds. The molecule has 0 saturated heterocycles. The number of hydrogen-bond acceptors (Lipinski definition) is 2. The van der Waals surface area contributed by atoms with Crippen LogP contribution in [0.4, 0.5) is 4.39 Å². The first-order chi connectivity index (χ1) is 9.56. The first-order valence-electron chi connectivity index (χ1n) is 6.42. The summed E-state index contributed by atoms with van der Waals surface area (Å²) in [4.78, 5) is 0.246. The number of nitrogens with one attached hydrogen (secondary N) is 1. The molecule has 5 heteroatoms. The van der Waals surface area contributed by atoms with Crippen LogP contribution in [0.2, 0.25) is 0 Å². The fourth-order valence-corrected chi connectivity index (χ4v) is 3.83. The Hall–Kier alpha value is -1.72. The largest absolute Gasteiger partial charge is 0.241 e. The molecular formula is C15H14FNO2S. The van der Waals surface area contributed by atoms with Gasteiger partial charge < -0.3 is 0 Å². The minimum Gasteiger partial charge on any atom is -0.207 e. The Labute approximate surface area is 117 Å². The van der Waals surface area contributed by atoms with E-state index in [1.165, 1.54) is 12.1 Å². The molecule has 0 spiro atoms. The Morgan fingerprint density at radius 2 is 1.85 bits per heavy atom. The molecule has 20 heavy (non-hydrogen) atoms. The molecule has 104 valence electrons. The van der Waals surface area contributed by atoms with Crippen molar-refractivity contribution in [2.24, 2.45) is 0 Å². The highest BCUT2D eigenvalue weighted by molar-refractivity contribution is 7.89. The molecule has 0 radical (unpaired) electrons. The van der Waals surface area contributed by atoms with Crippen molar-refractivity contribution in [2.45, 2.75) is 23.8 Å². The van der Waals surface area contributed by atoms with Crippen LogP contribution in [0, 0.1) is 5.82 Å². The lowest BCUT2D eigenvalue weighted by atomic mass is 10.1. The minimum absolute atomic E-state index is 0.246. The standard InChI is InChI=1S/C15H14FNO2S/c16-12-7-8-14-11(10-12)6-9-15(14)17-20(18,19)13-4-2-1-3-5-13/h1-5,7-8,10,15,17H,6,9H2. The summed E-state index contributed by atoms with van der Waals surface area (Å²) in [5, 5.41) is 0. The lowest BCUT2D eigenvalue weighted by molar-refractivity contribution is 0.554. The third-order valence-electron chi connectivity index (χ3n) is 3.53. The molecule has 0 bridgehead atoms. The average Bonchev–Trinajstić information content (AvgIpc) is 2.81. The fourth-order valence-electron chi connectivity index (χ4n) is 2.56. The van der Waals surface area contributed by atoms with Crippen LogP contribution in [0.1, 0.15) is 23.6 Å². The van der Waals surface area contributed by atoms with Crippen LogP contribution in [-0.2, 0) is 16.4 Å². The summed E-state index contributed by atoms with van der Waals surface area (Å²) in [5.74, 6) is -0.282. The van der Waals surface area contributed by atoms with Crippen molar-refractivity contribution in [1.29, 1.82) is 0 Å². The van der Waals surface area contributed by atoms with Crippen molar-refractivity contribution in [3.8, 4) is 0 Å². The lowest BCUT2D eigenvalue weighted by Gasteiger charge is -2.14. The average molecular weight is 291 g/mol. The highest BCUT2D eigenvalue weighted by atomic mass is 32.2. The van der Waals surface area contributed by atoms with Crippen LogP contribution in [0.15, 0.2) is 53.4 Å². The summed E-state index contributed by atoms with van der Waals surface area (Å²) >= 11 is 0. The second-order valence-electron chi connectivity index (χ2n) is 4.87. The van der Waals surface area contributed by atoms with E-state index in [0.717, 1.165) is 11.1 Å². The molecule has 0 aromatic heterocycles. The summed E-state index contributed by atoms with van der Waals surface area (Å²) in [7, 11) is -3.54. The molecule has 3 rings (SSSR count). The Morgan fingerprint density at radius 3 is 2.60 bits per heavy atom. The molecule has 2 aromatic rings. The van der Waals surface area contributed by atoms with Gasteiger partial charge in [0, 0.05) is 6.04 Å². The van der Waals surface area contributed by atoms with Gasteiger partial charge in [-0.05, 0) is 48.2 Å². The Morgan fingerprint density at radius 1 is 1.10 bits per heavy atom. The zero-order valence-corrected chi connectivity index (χ0v) is 11.5. The molecule has 1 aliphatic carbocycles. The molecule has 1 atom stereocenters. The van der Waals surface area contributed by atoms with Gasteiger partial charge in [0.15, 0.2) is 0 Å². The summed E-state index contributed by atoms with van der Waals surface area (Å²) < 4.78 is 40.4. The summed E-state index contributed by atoms with van der Waals surface area (Å²) in [6, 6.07) is 12.5. The molecule has 0 aliphatic heterocycles. The third kappa shape index (κ3) is 2.46. The van der Waals surface area contributed by atoms with Crippen molar-refractivity contribution in [2.75, 3.05) is 0 Å². The number of aryl methyl sites for hydroxylation is 1. The number of rotatable bonds is 3. The SMILES string of the molecule is O=S(=O)(NC1CCc2cc(F)ccc21)c1ccccc1. The lowest BCUT2D eigenvalue weighted by Crippen LogP contribution is -2.27. The Balaban J connectivity index is 1.88. The molecule has 0 fully saturated rings. The fraction of sp³-hybridized carbons (Fsp3) is 0.200. The van der Waals surface area contributed by atoms with Gasteiger partial charge >= 0.3 is 0 Å². The van der Waals surface area contributed by atoms with Gasteiger partial charge in [0.05, 0.1) is 4.90 Å². The summed E-state index contributed by atoms with van der Waals surface area (Å²) in [5.41, 5.74) is 1.75. The van der Waals surface area contributed by atoms with Gasteiger partial charge in [0.25, 0.3) is 0 Å². The van der Waals surface area contributed by atoms with E-state index >= 15 is 0 Å². The third-order valence-corrected chi connectivity index (χ3v) is 5.02. The van der Waals surface area contributed by atoms with Gasteiger partial charge in [-0.1, -0.05) is 24.3 Å². The first kappa shape index (κ1) is 13.3. The maximum Gasteiger partial charge on any atom is 0.241 e. The van der Waals surface area contributed by atoms with Crippen LogP contribution < -0.4 is 4.72 Å². The van der Waals surface area contributed by atoms with Gasteiger partial charge in [-0.25, -0.2) is 17.5 Å². The molecule has 1 unspecified atom stereocenters. The number of halogens is 1. The molecule has 3 nitrogen and oxygen atoms in total. The Kier molecular flexibility index (Phi) is 3.31. The van der Waals surface area contributed by atoms with Gasteiger partial charge in [-0.2, -0.15) is 0 Å². The van der Waals surface area contributed by atoms with Crippen LogP contribution in [0.25, 0.3) is 0 Å². The number of fused-ring (bicyclic) bond motifs is 1. The van der Waals surface area contributed by atoms with E-state index in [2.05, 4.69) is 4.72 Å². The summed E-state index contributed by atoms with van der Waals surface area (Å²) in [6.45, 7) is 0. The zero-order chi connectivity index (χ0) is 14.2. The monoisotopic (exact) mass is 291 g/mol. The molecule has 0 heterocycles. The highest BCUT2D eigenvalue weighted by Gasteiger charge is 2.27. The molecule has 2 aromatic carbocycles. The minimum atomic E-state index is -3.54. The maximum atomic E-state index is 13.2. The van der Waals surface area contributed by atoms with E-state index in [0.29, 0.717) is 12.8 Å².